The highest BCUT2D eigenvalue weighted by atomic mass is 19.2. The van der Waals surface area contributed by atoms with E-state index in [9.17, 15) is 18.0 Å². The summed E-state index contributed by atoms with van der Waals surface area (Å²) in [7, 11) is 0. The molecule has 0 saturated heterocycles. The molecule has 0 atom stereocenters. The first-order valence-corrected chi connectivity index (χ1v) is 6.75. The summed E-state index contributed by atoms with van der Waals surface area (Å²) in [6.07, 6.45) is 3.73. The summed E-state index contributed by atoms with van der Waals surface area (Å²) in [5, 5.41) is 11.6. The molecular formula is C14H17F3N2O2. The fourth-order valence-corrected chi connectivity index (χ4v) is 2.70. The van der Waals surface area contributed by atoms with E-state index in [1.165, 1.54) is 0 Å². The molecule has 1 amide bonds. The lowest BCUT2D eigenvalue weighted by molar-refractivity contribution is 0.0926. The van der Waals surface area contributed by atoms with Crippen molar-refractivity contribution in [3.63, 3.8) is 0 Å². The zero-order valence-corrected chi connectivity index (χ0v) is 11.4. The van der Waals surface area contributed by atoms with Gasteiger partial charge in [0.05, 0.1) is 5.56 Å². The molecule has 1 aliphatic carbocycles. The normalized spacial score (nSPS) is 17.0. The molecule has 0 spiro atoms. The summed E-state index contributed by atoms with van der Waals surface area (Å²) < 4.78 is 39.8. The maximum absolute atomic E-state index is 13.6. The average molecular weight is 302 g/mol. The SMILES string of the molecule is NCC1(CNC(=O)c2cc(F)c(F)c(O)c2F)CCCC1. The second-order valence-corrected chi connectivity index (χ2v) is 5.48. The van der Waals surface area contributed by atoms with Crippen molar-refractivity contribution in [1.29, 1.82) is 0 Å². The summed E-state index contributed by atoms with van der Waals surface area (Å²) in [5.41, 5.74) is 4.76. The van der Waals surface area contributed by atoms with Crippen LogP contribution >= 0.6 is 0 Å². The lowest BCUT2D eigenvalue weighted by Crippen LogP contribution is -2.41. The number of carbonyl (C=O) groups excluding carboxylic acids is 1. The Morgan fingerprint density at radius 1 is 1.29 bits per heavy atom. The Balaban J connectivity index is 2.14. The first-order valence-electron chi connectivity index (χ1n) is 6.75. The average Bonchev–Trinajstić information content (AvgIpc) is 2.96. The number of carbonyl (C=O) groups is 1. The van der Waals surface area contributed by atoms with Crippen molar-refractivity contribution >= 4 is 5.91 Å². The molecule has 0 bridgehead atoms. The largest absolute Gasteiger partial charge is 0.503 e. The second kappa shape index (κ2) is 5.93. The van der Waals surface area contributed by atoms with Gasteiger partial charge in [0.25, 0.3) is 5.91 Å². The zero-order valence-electron chi connectivity index (χ0n) is 11.4. The van der Waals surface area contributed by atoms with Gasteiger partial charge >= 0.3 is 0 Å². The number of halogens is 3. The molecule has 0 heterocycles. The van der Waals surface area contributed by atoms with Gasteiger partial charge in [-0.15, -0.1) is 0 Å². The Bertz CT molecular complexity index is 558. The van der Waals surface area contributed by atoms with Gasteiger partial charge in [0.15, 0.2) is 17.4 Å². The number of amides is 1. The van der Waals surface area contributed by atoms with E-state index in [1.54, 1.807) is 0 Å². The number of nitrogens with two attached hydrogens (primary N) is 1. The summed E-state index contributed by atoms with van der Waals surface area (Å²) in [4.78, 5) is 11.9. The van der Waals surface area contributed by atoms with Crippen molar-refractivity contribution in [2.24, 2.45) is 11.1 Å². The monoisotopic (exact) mass is 302 g/mol. The Kier molecular flexibility index (Phi) is 4.41. The van der Waals surface area contributed by atoms with Crippen molar-refractivity contribution in [2.75, 3.05) is 13.1 Å². The summed E-state index contributed by atoms with van der Waals surface area (Å²) in [6, 6.07) is 0.434. The fraction of sp³-hybridized carbons (Fsp3) is 0.500. The van der Waals surface area contributed by atoms with Crippen molar-refractivity contribution in [3.05, 3.63) is 29.1 Å². The highest BCUT2D eigenvalue weighted by Gasteiger charge is 2.33. The molecule has 2 rings (SSSR count). The van der Waals surface area contributed by atoms with Gasteiger partial charge in [-0.3, -0.25) is 4.79 Å². The number of rotatable bonds is 4. The minimum atomic E-state index is -1.71. The second-order valence-electron chi connectivity index (χ2n) is 5.48. The number of aromatic hydroxyl groups is 1. The van der Waals surface area contributed by atoms with Gasteiger partial charge in [0.2, 0.25) is 5.82 Å². The molecule has 21 heavy (non-hydrogen) atoms. The van der Waals surface area contributed by atoms with E-state index in [4.69, 9.17) is 10.8 Å². The Morgan fingerprint density at radius 3 is 2.48 bits per heavy atom. The van der Waals surface area contributed by atoms with Crippen LogP contribution in [0.1, 0.15) is 36.0 Å². The molecule has 0 aliphatic heterocycles. The van der Waals surface area contributed by atoms with Crippen LogP contribution < -0.4 is 11.1 Å². The van der Waals surface area contributed by atoms with E-state index in [1.807, 2.05) is 0 Å². The number of hydrogen-bond donors (Lipinski definition) is 3. The van der Waals surface area contributed by atoms with Crippen molar-refractivity contribution in [1.82, 2.24) is 5.32 Å². The summed E-state index contributed by atoms with van der Waals surface area (Å²) >= 11 is 0. The highest BCUT2D eigenvalue weighted by Crippen LogP contribution is 2.36. The molecule has 1 saturated carbocycles. The zero-order chi connectivity index (χ0) is 15.6. The van der Waals surface area contributed by atoms with Crippen LogP contribution in [0, 0.1) is 22.9 Å². The summed E-state index contributed by atoms with van der Waals surface area (Å²) in [6.45, 7) is 0.625. The standard InChI is InChI=1S/C14H17F3N2O2/c15-9-5-8(10(16)12(20)11(9)17)13(21)19-7-14(6-18)3-1-2-4-14/h5,20H,1-4,6-7,18H2,(H,19,21). The van der Waals surface area contributed by atoms with Crippen molar-refractivity contribution in [2.45, 2.75) is 25.7 Å². The molecule has 0 radical (unpaired) electrons. The van der Waals surface area contributed by atoms with E-state index in [-0.39, 0.29) is 12.0 Å². The minimum Gasteiger partial charge on any atom is -0.503 e. The first kappa shape index (κ1) is 15.6. The quantitative estimate of drug-likeness (QED) is 0.745. The molecule has 7 heteroatoms. The number of benzene rings is 1. The smallest absolute Gasteiger partial charge is 0.254 e. The highest BCUT2D eigenvalue weighted by molar-refractivity contribution is 5.95. The maximum Gasteiger partial charge on any atom is 0.254 e. The van der Waals surface area contributed by atoms with E-state index in [0.29, 0.717) is 12.6 Å². The van der Waals surface area contributed by atoms with Gasteiger partial charge in [0, 0.05) is 6.54 Å². The van der Waals surface area contributed by atoms with Gasteiger partial charge < -0.3 is 16.2 Å². The van der Waals surface area contributed by atoms with E-state index in [0.717, 1.165) is 25.7 Å². The van der Waals surface area contributed by atoms with Crippen LogP contribution in [0.4, 0.5) is 13.2 Å². The van der Waals surface area contributed by atoms with Gasteiger partial charge in [-0.25, -0.2) is 8.78 Å². The fourth-order valence-electron chi connectivity index (χ4n) is 2.70. The third-order valence-corrected chi connectivity index (χ3v) is 4.10. The molecule has 4 nitrogen and oxygen atoms in total. The van der Waals surface area contributed by atoms with E-state index >= 15 is 0 Å². The lowest BCUT2D eigenvalue weighted by Gasteiger charge is -2.27. The van der Waals surface area contributed by atoms with Crippen LogP contribution in [0.5, 0.6) is 5.75 Å². The number of phenolic OH excluding ortho intramolecular Hbond substituents is 1. The predicted octanol–water partition coefficient (Wildman–Crippen LogP) is 2.06. The molecule has 0 unspecified atom stereocenters. The molecule has 1 aliphatic rings. The third kappa shape index (κ3) is 2.97. The first-order chi connectivity index (χ1) is 9.90. The maximum atomic E-state index is 13.6. The molecule has 116 valence electrons. The lowest BCUT2D eigenvalue weighted by atomic mass is 9.86. The van der Waals surface area contributed by atoms with E-state index in [2.05, 4.69) is 5.32 Å². The predicted molar refractivity (Wildman–Crippen MR) is 70.3 cm³/mol. The Hall–Kier alpha value is -1.76. The summed E-state index contributed by atoms with van der Waals surface area (Å²) in [5.74, 6) is -7.05. The Labute approximate surface area is 120 Å². The molecular weight excluding hydrogens is 285 g/mol. The minimum absolute atomic E-state index is 0.229. The van der Waals surface area contributed by atoms with Gasteiger partial charge in [0.1, 0.15) is 0 Å². The molecule has 1 aromatic rings. The van der Waals surface area contributed by atoms with Crippen LogP contribution in [0.3, 0.4) is 0 Å². The van der Waals surface area contributed by atoms with Crippen LogP contribution in [-0.2, 0) is 0 Å². The van der Waals surface area contributed by atoms with Crippen LogP contribution in [-0.4, -0.2) is 24.1 Å². The topological polar surface area (TPSA) is 75.3 Å². The van der Waals surface area contributed by atoms with Crippen LogP contribution in [0.2, 0.25) is 0 Å². The molecule has 1 fully saturated rings. The van der Waals surface area contributed by atoms with E-state index < -0.39 is 34.7 Å². The van der Waals surface area contributed by atoms with Gasteiger partial charge in [-0.05, 0) is 30.9 Å². The van der Waals surface area contributed by atoms with Gasteiger partial charge in [-0.1, -0.05) is 12.8 Å². The Morgan fingerprint density at radius 2 is 1.90 bits per heavy atom. The number of phenols is 1. The van der Waals surface area contributed by atoms with Gasteiger partial charge in [-0.2, -0.15) is 4.39 Å². The molecule has 4 N–H and O–H groups in total. The van der Waals surface area contributed by atoms with Crippen LogP contribution in [0.15, 0.2) is 6.07 Å². The number of hydrogen-bond acceptors (Lipinski definition) is 3. The van der Waals surface area contributed by atoms with Crippen molar-refractivity contribution in [3.8, 4) is 5.75 Å². The number of nitrogens with one attached hydrogen (secondary N) is 1. The molecule has 1 aromatic carbocycles. The van der Waals surface area contributed by atoms with Crippen molar-refractivity contribution < 1.29 is 23.1 Å². The third-order valence-electron chi connectivity index (χ3n) is 4.10. The molecule has 0 aromatic heterocycles. The van der Waals surface area contributed by atoms with Crippen LogP contribution in [0.25, 0.3) is 0 Å².